The Morgan fingerprint density at radius 1 is 1.17 bits per heavy atom. The van der Waals surface area contributed by atoms with Crippen molar-refractivity contribution >= 4 is 29.3 Å². The predicted octanol–water partition coefficient (Wildman–Crippen LogP) is 3.40. The monoisotopic (exact) mass is 436 g/mol. The molecule has 162 valence electrons. The van der Waals surface area contributed by atoms with E-state index in [2.05, 4.69) is 15.4 Å². The molecule has 30 heavy (non-hydrogen) atoms. The normalized spacial score (nSPS) is 12.6. The number of halogens is 1. The number of methoxy groups -OCH3 is 2. The van der Waals surface area contributed by atoms with Crippen LogP contribution in [0.1, 0.15) is 28.9 Å². The Labute approximate surface area is 180 Å². The predicted molar refractivity (Wildman–Crippen MR) is 113 cm³/mol. The maximum absolute atomic E-state index is 12.1. The first-order valence-corrected chi connectivity index (χ1v) is 9.58. The molecule has 0 radical (unpaired) electrons. The molecule has 0 fully saturated rings. The van der Waals surface area contributed by atoms with Gasteiger partial charge in [0.2, 0.25) is 0 Å². The molecule has 0 bridgehead atoms. The second-order valence-corrected chi connectivity index (χ2v) is 6.81. The number of hydrogen-bond acceptors (Lipinski definition) is 6. The molecule has 2 unspecified atom stereocenters. The first kappa shape index (κ1) is 23.5. The SMILES string of the molecule is COC(=O)c1cc(Cl)c(NC(=O)NCC(O)COC(C)c2ccccc2)cc1OC. The van der Waals surface area contributed by atoms with E-state index >= 15 is 0 Å². The molecule has 0 saturated carbocycles. The lowest BCUT2D eigenvalue weighted by molar-refractivity contribution is -0.000953. The quantitative estimate of drug-likeness (QED) is 0.520. The van der Waals surface area contributed by atoms with Gasteiger partial charge in [0.15, 0.2) is 0 Å². The molecule has 0 saturated heterocycles. The summed E-state index contributed by atoms with van der Waals surface area (Å²) in [6, 6.07) is 11.8. The van der Waals surface area contributed by atoms with Crippen LogP contribution in [0.5, 0.6) is 5.75 Å². The van der Waals surface area contributed by atoms with Crippen LogP contribution < -0.4 is 15.4 Å². The third-order valence-electron chi connectivity index (χ3n) is 4.25. The first-order valence-electron chi connectivity index (χ1n) is 9.21. The fourth-order valence-electron chi connectivity index (χ4n) is 2.60. The van der Waals surface area contributed by atoms with Gasteiger partial charge in [0.05, 0.1) is 43.7 Å². The number of carbonyl (C=O) groups is 2. The molecular weight excluding hydrogens is 412 g/mol. The zero-order chi connectivity index (χ0) is 22.1. The number of benzene rings is 2. The van der Waals surface area contributed by atoms with Crippen LogP contribution in [0.25, 0.3) is 0 Å². The Bertz CT molecular complexity index is 862. The highest BCUT2D eigenvalue weighted by atomic mass is 35.5. The van der Waals surface area contributed by atoms with Crippen molar-refractivity contribution < 1.29 is 28.9 Å². The molecule has 0 spiro atoms. The van der Waals surface area contributed by atoms with Gasteiger partial charge in [0.25, 0.3) is 0 Å². The van der Waals surface area contributed by atoms with Crippen LogP contribution in [-0.2, 0) is 9.47 Å². The van der Waals surface area contributed by atoms with Gasteiger partial charge in [-0.15, -0.1) is 0 Å². The Morgan fingerprint density at radius 3 is 2.50 bits per heavy atom. The van der Waals surface area contributed by atoms with Crippen molar-refractivity contribution in [1.29, 1.82) is 0 Å². The van der Waals surface area contributed by atoms with Crippen LogP contribution in [0.3, 0.4) is 0 Å². The Kier molecular flexibility index (Phi) is 8.91. The van der Waals surface area contributed by atoms with Gasteiger partial charge < -0.3 is 30.0 Å². The molecule has 2 aromatic rings. The average molecular weight is 437 g/mol. The Balaban J connectivity index is 1.86. The van der Waals surface area contributed by atoms with E-state index in [1.54, 1.807) is 0 Å². The minimum atomic E-state index is -0.895. The number of aliphatic hydroxyl groups is 1. The lowest BCUT2D eigenvalue weighted by atomic mass is 10.1. The maximum Gasteiger partial charge on any atom is 0.341 e. The number of anilines is 1. The van der Waals surface area contributed by atoms with E-state index in [-0.39, 0.29) is 41.3 Å². The van der Waals surface area contributed by atoms with Gasteiger partial charge >= 0.3 is 12.0 Å². The largest absolute Gasteiger partial charge is 0.496 e. The van der Waals surface area contributed by atoms with Crippen molar-refractivity contribution in [3.8, 4) is 5.75 Å². The third-order valence-corrected chi connectivity index (χ3v) is 4.56. The van der Waals surface area contributed by atoms with E-state index in [0.29, 0.717) is 0 Å². The molecule has 0 aliphatic rings. The van der Waals surface area contributed by atoms with Crippen LogP contribution >= 0.6 is 11.6 Å². The summed E-state index contributed by atoms with van der Waals surface area (Å²) in [6.45, 7) is 1.91. The minimum Gasteiger partial charge on any atom is -0.496 e. The topological polar surface area (TPSA) is 106 Å². The Morgan fingerprint density at radius 2 is 1.87 bits per heavy atom. The Hall–Kier alpha value is -2.81. The molecule has 0 aliphatic heterocycles. The van der Waals surface area contributed by atoms with Gasteiger partial charge in [-0.3, -0.25) is 0 Å². The van der Waals surface area contributed by atoms with E-state index < -0.39 is 18.1 Å². The van der Waals surface area contributed by atoms with Gasteiger partial charge in [-0.1, -0.05) is 41.9 Å². The smallest absolute Gasteiger partial charge is 0.341 e. The zero-order valence-electron chi connectivity index (χ0n) is 17.0. The van der Waals surface area contributed by atoms with Crippen molar-refractivity contribution in [1.82, 2.24) is 5.32 Å². The highest BCUT2D eigenvalue weighted by Crippen LogP contribution is 2.31. The molecule has 0 heterocycles. The van der Waals surface area contributed by atoms with Crippen molar-refractivity contribution in [2.45, 2.75) is 19.1 Å². The molecule has 8 nitrogen and oxygen atoms in total. The number of carbonyl (C=O) groups excluding carboxylic acids is 2. The first-order chi connectivity index (χ1) is 14.3. The van der Waals surface area contributed by atoms with Gasteiger partial charge in [-0.05, 0) is 18.6 Å². The molecule has 0 aromatic heterocycles. The van der Waals surface area contributed by atoms with E-state index in [9.17, 15) is 14.7 Å². The van der Waals surface area contributed by atoms with Gasteiger partial charge in [-0.2, -0.15) is 0 Å². The standard InChI is InChI=1S/C21H25ClN2O6/c1-13(14-7-5-4-6-8-14)30-12-15(25)11-23-21(27)24-18-10-19(28-2)16(9-17(18)22)20(26)29-3/h4-10,13,15,25H,11-12H2,1-3H3,(H2,23,24,27). The van der Waals surface area contributed by atoms with Crippen molar-refractivity contribution in [2.75, 3.05) is 32.7 Å². The van der Waals surface area contributed by atoms with Crippen LogP contribution in [0.15, 0.2) is 42.5 Å². The van der Waals surface area contributed by atoms with Crippen LogP contribution in [-0.4, -0.2) is 50.6 Å². The number of urea groups is 1. The molecule has 3 N–H and O–H groups in total. The summed E-state index contributed by atoms with van der Waals surface area (Å²) in [4.78, 5) is 23.9. The molecule has 0 aliphatic carbocycles. The lowest BCUT2D eigenvalue weighted by Gasteiger charge is -2.18. The molecule has 2 atom stereocenters. The van der Waals surface area contributed by atoms with Gasteiger partial charge in [0.1, 0.15) is 11.3 Å². The molecule has 2 aromatic carbocycles. The third kappa shape index (κ3) is 6.62. The van der Waals surface area contributed by atoms with Crippen molar-refractivity contribution in [3.63, 3.8) is 0 Å². The summed E-state index contributed by atoms with van der Waals surface area (Å²) in [5, 5.41) is 15.3. The average Bonchev–Trinajstić information content (AvgIpc) is 2.77. The number of amides is 2. The van der Waals surface area contributed by atoms with E-state index in [4.69, 9.17) is 21.1 Å². The maximum atomic E-state index is 12.1. The number of esters is 1. The van der Waals surface area contributed by atoms with Gasteiger partial charge in [0, 0.05) is 12.6 Å². The zero-order valence-corrected chi connectivity index (χ0v) is 17.7. The van der Waals surface area contributed by atoms with E-state index in [0.717, 1.165) is 5.56 Å². The summed E-state index contributed by atoms with van der Waals surface area (Å²) in [7, 11) is 2.62. The number of ether oxygens (including phenoxy) is 3. The lowest BCUT2D eigenvalue weighted by Crippen LogP contribution is -2.37. The number of rotatable bonds is 9. The summed E-state index contributed by atoms with van der Waals surface area (Å²) in [5.41, 5.74) is 1.37. The van der Waals surface area contributed by atoms with Crippen molar-refractivity contribution in [2.24, 2.45) is 0 Å². The van der Waals surface area contributed by atoms with Crippen molar-refractivity contribution in [3.05, 3.63) is 58.6 Å². The second kappa shape index (κ2) is 11.4. The number of hydrogen-bond donors (Lipinski definition) is 3. The minimum absolute atomic E-state index is 0.0255. The fraction of sp³-hybridized carbons (Fsp3) is 0.333. The summed E-state index contributed by atoms with van der Waals surface area (Å²) in [5.74, 6) is -0.414. The van der Waals surface area contributed by atoms with Crippen LogP contribution in [0, 0.1) is 0 Å². The highest BCUT2D eigenvalue weighted by molar-refractivity contribution is 6.34. The van der Waals surface area contributed by atoms with Crippen LogP contribution in [0.2, 0.25) is 5.02 Å². The summed E-state index contributed by atoms with van der Waals surface area (Å²) < 4.78 is 15.5. The molecule has 2 rings (SSSR count). The molecule has 2 amide bonds. The summed E-state index contributed by atoms with van der Waals surface area (Å²) >= 11 is 6.13. The highest BCUT2D eigenvalue weighted by Gasteiger charge is 2.18. The van der Waals surface area contributed by atoms with Crippen LogP contribution in [0.4, 0.5) is 10.5 Å². The van der Waals surface area contributed by atoms with E-state index in [1.165, 1.54) is 26.4 Å². The number of nitrogens with one attached hydrogen (secondary N) is 2. The van der Waals surface area contributed by atoms with Gasteiger partial charge in [-0.25, -0.2) is 9.59 Å². The van der Waals surface area contributed by atoms with E-state index in [1.807, 2.05) is 37.3 Å². The second-order valence-electron chi connectivity index (χ2n) is 6.40. The number of aliphatic hydroxyl groups excluding tert-OH is 1. The summed E-state index contributed by atoms with van der Waals surface area (Å²) in [6.07, 6.45) is -1.08. The molecular formula is C21H25ClN2O6. The molecule has 9 heteroatoms. The fourth-order valence-corrected chi connectivity index (χ4v) is 2.81.